The first-order valence-electron chi connectivity index (χ1n) is 10.3. The van der Waals surface area contributed by atoms with Gasteiger partial charge >= 0.3 is 0 Å². The molecule has 1 amide bonds. The number of hydrogen-bond donors (Lipinski definition) is 1. The topological polar surface area (TPSA) is 92.3 Å². The zero-order valence-corrected chi connectivity index (χ0v) is 17.9. The third-order valence-electron chi connectivity index (χ3n) is 4.85. The first-order chi connectivity index (χ1) is 16.1. The van der Waals surface area contributed by atoms with Crippen LogP contribution in [-0.2, 0) is 4.79 Å². The van der Waals surface area contributed by atoms with Crippen molar-refractivity contribution in [2.45, 2.75) is 13.0 Å². The van der Waals surface area contributed by atoms with Gasteiger partial charge in [-0.05, 0) is 43.3 Å². The molecule has 1 heterocycles. The fourth-order valence-electron chi connectivity index (χ4n) is 3.14. The van der Waals surface area contributed by atoms with E-state index in [1.54, 1.807) is 42.1 Å². The Morgan fingerprint density at radius 1 is 1.06 bits per heavy atom. The molecular formula is C26H21N5O2. The van der Waals surface area contributed by atoms with Gasteiger partial charge in [-0.25, -0.2) is 10.1 Å². The number of aromatic nitrogens is 2. The van der Waals surface area contributed by atoms with Crippen LogP contribution in [0.1, 0.15) is 18.1 Å². The number of rotatable bonds is 7. The normalized spacial score (nSPS) is 11.6. The predicted molar refractivity (Wildman–Crippen MR) is 126 cm³/mol. The number of hydrazone groups is 1. The van der Waals surface area contributed by atoms with Crippen molar-refractivity contribution >= 4 is 12.1 Å². The predicted octanol–water partition coefficient (Wildman–Crippen LogP) is 4.33. The molecule has 0 fully saturated rings. The Hall–Kier alpha value is -4.70. The molecule has 1 atom stereocenters. The van der Waals surface area contributed by atoms with Gasteiger partial charge in [-0.2, -0.15) is 15.5 Å². The summed E-state index contributed by atoms with van der Waals surface area (Å²) in [7, 11) is 0. The van der Waals surface area contributed by atoms with Crippen molar-refractivity contribution in [3.8, 4) is 28.8 Å². The van der Waals surface area contributed by atoms with Crippen molar-refractivity contribution < 1.29 is 9.53 Å². The number of nitrogens with zero attached hydrogens (tertiary/aromatic N) is 4. The molecule has 0 aliphatic heterocycles. The molecule has 7 nitrogen and oxygen atoms in total. The Morgan fingerprint density at radius 3 is 2.39 bits per heavy atom. The van der Waals surface area contributed by atoms with Gasteiger partial charge in [0.25, 0.3) is 5.91 Å². The van der Waals surface area contributed by atoms with Gasteiger partial charge < -0.3 is 4.74 Å². The lowest BCUT2D eigenvalue weighted by Gasteiger charge is -2.12. The highest BCUT2D eigenvalue weighted by Gasteiger charge is 2.15. The highest BCUT2D eigenvalue weighted by Crippen LogP contribution is 2.22. The van der Waals surface area contributed by atoms with Crippen LogP contribution in [-0.4, -0.2) is 28.0 Å². The van der Waals surface area contributed by atoms with E-state index in [4.69, 9.17) is 15.1 Å². The summed E-state index contributed by atoms with van der Waals surface area (Å²) in [6, 6.07) is 28.2. The molecule has 7 heteroatoms. The monoisotopic (exact) mass is 435 g/mol. The number of amides is 1. The van der Waals surface area contributed by atoms with E-state index >= 15 is 0 Å². The molecule has 1 aromatic heterocycles. The molecule has 0 saturated carbocycles. The maximum atomic E-state index is 12.4. The summed E-state index contributed by atoms with van der Waals surface area (Å²) in [6.45, 7) is 1.63. The van der Waals surface area contributed by atoms with Gasteiger partial charge in [-0.15, -0.1) is 0 Å². The molecule has 0 saturated heterocycles. The van der Waals surface area contributed by atoms with Gasteiger partial charge in [0.05, 0.1) is 23.5 Å². The van der Waals surface area contributed by atoms with Crippen molar-refractivity contribution in [1.82, 2.24) is 15.2 Å². The number of nitrogens with one attached hydrogen (secondary N) is 1. The van der Waals surface area contributed by atoms with Crippen LogP contribution in [0.25, 0.3) is 16.9 Å². The van der Waals surface area contributed by atoms with Crippen LogP contribution < -0.4 is 10.2 Å². The number of ether oxygens (including phenoxy) is 1. The first kappa shape index (κ1) is 21.5. The Balaban J connectivity index is 1.49. The zero-order chi connectivity index (χ0) is 23.0. The Kier molecular flexibility index (Phi) is 6.57. The van der Waals surface area contributed by atoms with Crippen molar-refractivity contribution in [1.29, 1.82) is 5.26 Å². The van der Waals surface area contributed by atoms with Gasteiger partial charge in [0.1, 0.15) is 11.4 Å². The van der Waals surface area contributed by atoms with Crippen molar-refractivity contribution in [2.75, 3.05) is 0 Å². The lowest BCUT2D eigenvalue weighted by molar-refractivity contribution is -0.127. The second kappa shape index (κ2) is 10.1. The Morgan fingerprint density at radius 2 is 1.73 bits per heavy atom. The van der Waals surface area contributed by atoms with Crippen LogP contribution >= 0.6 is 0 Å². The minimum absolute atomic E-state index is 0.396. The molecule has 162 valence electrons. The molecule has 0 spiro atoms. The fraction of sp³-hybridized carbons (Fsp3) is 0.0769. The summed E-state index contributed by atoms with van der Waals surface area (Å²) >= 11 is 0. The number of para-hydroxylation sites is 1. The fourth-order valence-corrected chi connectivity index (χ4v) is 3.14. The standard InChI is InChI=1S/C26H21N5O2/c1-19(33-24-14-12-20(16-27)13-15-24)26(32)29-28-17-22-18-31(23-10-6-3-7-11-23)30-25(22)21-8-4-2-5-9-21/h2-15,17-19H,1H3,(H,29,32)/b28-17+. The maximum absolute atomic E-state index is 12.4. The molecule has 0 aliphatic rings. The van der Waals surface area contributed by atoms with Crippen molar-refractivity contribution in [2.24, 2.45) is 5.10 Å². The first-order valence-corrected chi connectivity index (χ1v) is 10.3. The zero-order valence-electron chi connectivity index (χ0n) is 17.9. The van der Waals surface area contributed by atoms with Crippen LogP contribution in [0.4, 0.5) is 0 Å². The van der Waals surface area contributed by atoms with Crippen LogP contribution in [0.5, 0.6) is 5.75 Å². The molecule has 3 aromatic carbocycles. The van der Waals surface area contributed by atoms with E-state index in [0.29, 0.717) is 11.3 Å². The van der Waals surface area contributed by atoms with Gasteiger partial charge in [0.15, 0.2) is 6.10 Å². The molecular weight excluding hydrogens is 414 g/mol. The molecule has 4 rings (SSSR count). The second-order valence-electron chi connectivity index (χ2n) is 7.21. The largest absolute Gasteiger partial charge is 0.481 e. The molecule has 1 N–H and O–H groups in total. The summed E-state index contributed by atoms with van der Waals surface area (Å²) in [5.41, 5.74) is 6.41. The molecule has 0 aliphatic carbocycles. The number of hydrogen-bond acceptors (Lipinski definition) is 5. The highest BCUT2D eigenvalue weighted by molar-refractivity contribution is 5.90. The van der Waals surface area contributed by atoms with Gasteiger partial charge in [-0.1, -0.05) is 48.5 Å². The summed E-state index contributed by atoms with van der Waals surface area (Å²) < 4.78 is 7.40. The van der Waals surface area contributed by atoms with E-state index in [-0.39, 0.29) is 0 Å². The molecule has 33 heavy (non-hydrogen) atoms. The van der Waals surface area contributed by atoms with Crippen LogP contribution in [0.15, 0.2) is 96.2 Å². The molecule has 4 aromatic rings. The average Bonchev–Trinajstić information content (AvgIpc) is 3.29. The van der Waals surface area contributed by atoms with Gasteiger partial charge in [-0.3, -0.25) is 4.79 Å². The van der Waals surface area contributed by atoms with E-state index in [1.807, 2.05) is 72.9 Å². The maximum Gasteiger partial charge on any atom is 0.280 e. The van der Waals surface area contributed by atoms with E-state index in [9.17, 15) is 4.79 Å². The van der Waals surface area contributed by atoms with Gasteiger partial charge in [0, 0.05) is 17.3 Å². The average molecular weight is 435 g/mol. The smallest absolute Gasteiger partial charge is 0.280 e. The third kappa shape index (κ3) is 5.32. The van der Waals surface area contributed by atoms with Gasteiger partial charge in [0.2, 0.25) is 0 Å². The molecule has 1 unspecified atom stereocenters. The van der Waals surface area contributed by atoms with Crippen LogP contribution in [0, 0.1) is 11.3 Å². The lowest BCUT2D eigenvalue weighted by atomic mass is 10.1. The third-order valence-corrected chi connectivity index (χ3v) is 4.85. The second-order valence-corrected chi connectivity index (χ2v) is 7.21. The Labute approximate surface area is 191 Å². The number of nitriles is 1. The minimum atomic E-state index is -0.768. The molecule has 0 radical (unpaired) electrons. The summed E-state index contributed by atoms with van der Waals surface area (Å²) in [5.74, 6) is 0.100. The number of carbonyl (C=O) groups is 1. The van der Waals surface area contributed by atoms with E-state index in [0.717, 1.165) is 22.5 Å². The summed E-state index contributed by atoms with van der Waals surface area (Å²) in [4.78, 5) is 12.4. The summed E-state index contributed by atoms with van der Waals surface area (Å²) in [6.07, 6.45) is 2.67. The number of benzene rings is 3. The van der Waals surface area contributed by atoms with E-state index in [2.05, 4.69) is 10.5 Å². The van der Waals surface area contributed by atoms with Crippen molar-refractivity contribution in [3.63, 3.8) is 0 Å². The lowest BCUT2D eigenvalue weighted by Crippen LogP contribution is -2.33. The highest BCUT2D eigenvalue weighted by atomic mass is 16.5. The SMILES string of the molecule is CC(Oc1ccc(C#N)cc1)C(=O)N/N=C/c1cn(-c2ccccc2)nc1-c1ccccc1. The van der Waals surface area contributed by atoms with E-state index in [1.165, 1.54) is 0 Å². The molecule has 0 bridgehead atoms. The summed E-state index contributed by atoms with van der Waals surface area (Å²) in [5, 5.41) is 17.7. The van der Waals surface area contributed by atoms with Crippen LogP contribution in [0.2, 0.25) is 0 Å². The quantitative estimate of drug-likeness (QED) is 0.345. The Bertz CT molecular complexity index is 1290. The van der Waals surface area contributed by atoms with E-state index < -0.39 is 12.0 Å². The minimum Gasteiger partial charge on any atom is -0.481 e. The number of carbonyl (C=O) groups excluding carboxylic acids is 1. The van der Waals surface area contributed by atoms with Crippen LogP contribution in [0.3, 0.4) is 0 Å². The van der Waals surface area contributed by atoms with Crippen molar-refractivity contribution in [3.05, 3.63) is 102 Å².